The van der Waals surface area contributed by atoms with Crippen LogP contribution in [0.2, 0.25) is 0 Å². The van der Waals surface area contributed by atoms with Crippen molar-refractivity contribution >= 4 is 68.9 Å². The van der Waals surface area contributed by atoms with Gasteiger partial charge in [0.25, 0.3) is 11.8 Å². The first kappa shape index (κ1) is 20.0. The molecule has 3 amide bonds. The zero-order valence-electron chi connectivity index (χ0n) is 15.6. The van der Waals surface area contributed by atoms with Crippen LogP contribution in [0.15, 0.2) is 53.4 Å². The van der Waals surface area contributed by atoms with Crippen LogP contribution in [0.25, 0.3) is 5.57 Å². The fourth-order valence-electron chi connectivity index (χ4n) is 3.43. The lowest BCUT2D eigenvalue weighted by atomic mass is 10.1. The fraction of sp³-hybridized carbons (Fsp3) is 0.0952. The number of hydrogen-bond donors (Lipinski definition) is 1. The van der Waals surface area contributed by atoms with E-state index >= 15 is 0 Å². The zero-order valence-corrected chi connectivity index (χ0v) is 17.3. The van der Waals surface area contributed by atoms with E-state index in [1.54, 1.807) is 48.5 Å². The van der Waals surface area contributed by atoms with Gasteiger partial charge in [0.1, 0.15) is 0 Å². The third-order valence-electron chi connectivity index (χ3n) is 4.69. The van der Waals surface area contributed by atoms with Crippen LogP contribution in [0, 0.1) is 0 Å². The minimum absolute atomic E-state index is 0.130. The smallest absolute Gasteiger partial charge is 0.307 e. The summed E-state index contributed by atoms with van der Waals surface area (Å²) in [4.78, 5) is 51.6. The van der Waals surface area contributed by atoms with E-state index in [-0.39, 0.29) is 21.2 Å². The van der Waals surface area contributed by atoms with E-state index in [2.05, 4.69) is 0 Å². The Bertz CT molecular complexity index is 1170. The molecule has 150 valence electrons. The molecular weight excluding hydrogens is 424 g/mol. The molecule has 9 heteroatoms. The molecule has 0 bridgehead atoms. The normalized spacial score (nSPS) is 18.2. The van der Waals surface area contributed by atoms with Crippen molar-refractivity contribution in [3.8, 4) is 0 Å². The van der Waals surface area contributed by atoms with Gasteiger partial charge in [0, 0.05) is 12.5 Å². The van der Waals surface area contributed by atoms with Gasteiger partial charge in [-0.2, -0.15) is 0 Å². The van der Waals surface area contributed by atoms with Crippen LogP contribution in [0.5, 0.6) is 0 Å². The lowest BCUT2D eigenvalue weighted by Crippen LogP contribution is -2.32. The first-order valence-corrected chi connectivity index (χ1v) is 10.1. The minimum atomic E-state index is -0.952. The summed E-state index contributed by atoms with van der Waals surface area (Å²) in [6.45, 7) is 1.29. The number of carbonyl (C=O) groups excluding carboxylic acids is 3. The Hall–Kier alpha value is -3.30. The highest BCUT2D eigenvalue weighted by Gasteiger charge is 2.43. The third kappa shape index (κ3) is 3.21. The van der Waals surface area contributed by atoms with Gasteiger partial charge >= 0.3 is 5.97 Å². The maximum absolute atomic E-state index is 13.2. The topological polar surface area (TPSA) is 95.0 Å². The number of para-hydroxylation sites is 1. The molecular formula is C21H14N2O5S2. The Morgan fingerprint density at radius 2 is 1.70 bits per heavy atom. The van der Waals surface area contributed by atoms with Gasteiger partial charge in [0.2, 0.25) is 5.91 Å². The molecule has 2 heterocycles. The SMILES string of the molecule is CC(=O)N1C(=O)/C(=C2\SC(=S)N(c3ccc(CC(=O)O)cc3)C2=O)c2ccccc21. The van der Waals surface area contributed by atoms with E-state index in [0.717, 1.165) is 16.7 Å². The molecule has 30 heavy (non-hydrogen) atoms. The van der Waals surface area contributed by atoms with E-state index in [1.807, 2.05) is 0 Å². The molecule has 0 radical (unpaired) electrons. The van der Waals surface area contributed by atoms with Gasteiger partial charge in [0.15, 0.2) is 4.32 Å². The van der Waals surface area contributed by atoms with Gasteiger partial charge in [-0.1, -0.05) is 54.3 Å². The molecule has 0 atom stereocenters. The number of anilines is 2. The van der Waals surface area contributed by atoms with Crippen LogP contribution in [0.1, 0.15) is 18.1 Å². The van der Waals surface area contributed by atoms with E-state index < -0.39 is 23.7 Å². The number of thiocarbonyl (C=S) groups is 1. The summed E-state index contributed by atoms with van der Waals surface area (Å²) in [6, 6.07) is 13.3. The van der Waals surface area contributed by atoms with Crippen molar-refractivity contribution in [3.63, 3.8) is 0 Å². The number of hydrogen-bond acceptors (Lipinski definition) is 6. The zero-order chi connectivity index (χ0) is 21.6. The molecule has 0 aromatic heterocycles. The number of benzene rings is 2. The maximum atomic E-state index is 13.2. The van der Waals surface area contributed by atoms with Gasteiger partial charge < -0.3 is 5.11 Å². The summed E-state index contributed by atoms with van der Waals surface area (Å²) in [5.41, 5.74) is 2.17. The number of aliphatic carboxylic acids is 1. The summed E-state index contributed by atoms with van der Waals surface area (Å²) in [6.07, 6.45) is -0.130. The van der Waals surface area contributed by atoms with E-state index in [9.17, 15) is 19.2 Å². The lowest BCUT2D eigenvalue weighted by Gasteiger charge is -2.15. The van der Waals surface area contributed by atoms with Crippen LogP contribution in [-0.2, 0) is 25.6 Å². The highest BCUT2D eigenvalue weighted by atomic mass is 32.2. The van der Waals surface area contributed by atoms with Crippen LogP contribution in [0.3, 0.4) is 0 Å². The van der Waals surface area contributed by atoms with Crippen molar-refractivity contribution in [1.29, 1.82) is 0 Å². The number of imide groups is 1. The Morgan fingerprint density at radius 1 is 1.03 bits per heavy atom. The number of nitrogens with zero attached hydrogens (tertiary/aromatic N) is 2. The molecule has 2 aliphatic rings. The van der Waals surface area contributed by atoms with Crippen molar-refractivity contribution in [3.05, 3.63) is 64.6 Å². The largest absolute Gasteiger partial charge is 0.481 e. The minimum Gasteiger partial charge on any atom is -0.481 e. The monoisotopic (exact) mass is 438 g/mol. The first-order chi connectivity index (χ1) is 14.3. The van der Waals surface area contributed by atoms with Gasteiger partial charge in [-0.05, 0) is 23.8 Å². The molecule has 0 unspecified atom stereocenters. The molecule has 0 saturated carbocycles. The van der Waals surface area contributed by atoms with Gasteiger partial charge in [-0.3, -0.25) is 24.1 Å². The molecule has 1 fully saturated rings. The second-order valence-electron chi connectivity index (χ2n) is 6.63. The Kier molecular flexibility index (Phi) is 5.00. The van der Waals surface area contributed by atoms with Crippen molar-refractivity contribution in [2.24, 2.45) is 0 Å². The van der Waals surface area contributed by atoms with E-state index in [0.29, 0.717) is 22.5 Å². The number of rotatable bonds is 3. The molecule has 1 N–H and O–H groups in total. The second kappa shape index (κ2) is 7.51. The fourth-order valence-corrected chi connectivity index (χ4v) is 4.80. The standard InChI is InChI=1S/C21H14N2O5S2/c1-11(24)22-15-5-3-2-4-14(15)17(19(22)27)18-20(28)23(21(29)30-18)13-8-6-12(7-9-13)10-16(25)26/h2-9H,10H2,1H3,(H,25,26)/b18-17-. The number of fused-ring (bicyclic) bond motifs is 1. The number of amides is 3. The first-order valence-electron chi connectivity index (χ1n) is 8.85. The lowest BCUT2D eigenvalue weighted by molar-refractivity contribution is -0.136. The van der Waals surface area contributed by atoms with Gasteiger partial charge in [0.05, 0.1) is 28.3 Å². The van der Waals surface area contributed by atoms with Gasteiger partial charge in [-0.25, -0.2) is 4.90 Å². The van der Waals surface area contributed by atoms with E-state index in [4.69, 9.17) is 17.3 Å². The molecule has 1 saturated heterocycles. The number of thioether (sulfide) groups is 1. The number of carboxylic acids is 1. The average molecular weight is 438 g/mol. The molecule has 0 aliphatic carbocycles. The predicted octanol–water partition coefficient (Wildman–Crippen LogP) is 2.98. The quantitative estimate of drug-likeness (QED) is 0.581. The summed E-state index contributed by atoms with van der Waals surface area (Å²) < 4.78 is 0.250. The average Bonchev–Trinajstić information content (AvgIpc) is 3.14. The Balaban J connectivity index is 1.76. The van der Waals surface area contributed by atoms with Crippen molar-refractivity contribution in [1.82, 2.24) is 0 Å². The predicted molar refractivity (Wildman–Crippen MR) is 117 cm³/mol. The molecule has 7 nitrogen and oxygen atoms in total. The molecule has 4 rings (SSSR count). The van der Waals surface area contributed by atoms with Crippen molar-refractivity contribution in [2.75, 3.05) is 9.80 Å². The Labute approximate surface area is 181 Å². The number of carboxylic acid groups (broad SMARTS) is 1. The van der Waals surface area contributed by atoms with E-state index in [1.165, 1.54) is 11.8 Å². The van der Waals surface area contributed by atoms with Crippen LogP contribution >= 0.6 is 24.0 Å². The highest BCUT2D eigenvalue weighted by Crippen LogP contribution is 2.45. The summed E-state index contributed by atoms with van der Waals surface area (Å²) in [5, 5.41) is 8.90. The Morgan fingerprint density at radius 3 is 2.33 bits per heavy atom. The molecule has 0 spiro atoms. The summed E-state index contributed by atoms with van der Waals surface area (Å²) in [7, 11) is 0. The summed E-state index contributed by atoms with van der Waals surface area (Å²) >= 11 is 6.39. The molecule has 2 aliphatic heterocycles. The van der Waals surface area contributed by atoms with Crippen LogP contribution in [0.4, 0.5) is 11.4 Å². The van der Waals surface area contributed by atoms with Gasteiger partial charge in [-0.15, -0.1) is 0 Å². The second-order valence-corrected chi connectivity index (χ2v) is 8.27. The summed E-state index contributed by atoms with van der Waals surface area (Å²) in [5.74, 6) is -2.40. The number of carbonyl (C=O) groups is 4. The molecule has 2 aromatic rings. The van der Waals surface area contributed by atoms with Crippen molar-refractivity contribution < 1.29 is 24.3 Å². The van der Waals surface area contributed by atoms with Crippen LogP contribution < -0.4 is 9.80 Å². The maximum Gasteiger partial charge on any atom is 0.307 e. The van der Waals surface area contributed by atoms with Crippen LogP contribution in [-0.4, -0.2) is 33.1 Å². The highest BCUT2D eigenvalue weighted by molar-refractivity contribution is 8.27. The molecule has 2 aromatic carbocycles. The van der Waals surface area contributed by atoms with Crippen molar-refractivity contribution in [2.45, 2.75) is 13.3 Å². The third-order valence-corrected chi connectivity index (χ3v) is 6.07.